The Morgan fingerprint density at radius 3 is 2.59 bits per heavy atom. The van der Waals surface area contributed by atoms with Crippen LogP contribution in [0.15, 0.2) is 41.1 Å². The van der Waals surface area contributed by atoms with E-state index < -0.39 is 0 Å². The van der Waals surface area contributed by atoms with E-state index in [2.05, 4.69) is 9.97 Å². The topological polar surface area (TPSA) is 38.9 Å². The van der Waals surface area contributed by atoms with Gasteiger partial charge >= 0.3 is 0 Å². The molecule has 0 amide bonds. The van der Waals surface area contributed by atoms with Crippen molar-refractivity contribution >= 4 is 36.0 Å². The molecule has 0 spiro atoms. The lowest BCUT2D eigenvalue weighted by Crippen LogP contribution is -2.03. The van der Waals surface area contributed by atoms with Gasteiger partial charge in [-0.2, -0.15) is 0 Å². The van der Waals surface area contributed by atoms with Crippen LogP contribution >= 0.6 is 11.6 Å². The molecule has 3 rings (SSSR count). The maximum Gasteiger partial charge on any atom is 0.230 e. The van der Waals surface area contributed by atoms with Crippen molar-refractivity contribution in [3.05, 3.63) is 41.8 Å². The zero-order valence-corrected chi connectivity index (χ0v) is 9.90. The largest absolute Gasteiger partial charge is 0.438 e. The maximum absolute atomic E-state index is 6.05. The molecule has 0 aliphatic rings. The molecule has 0 aliphatic carbocycles. The summed E-state index contributed by atoms with van der Waals surface area (Å²) in [6.07, 6.45) is 1.41. The number of hydrogen-bond donors (Lipinski definition) is 0. The van der Waals surface area contributed by atoms with Crippen LogP contribution in [0.25, 0.3) is 22.4 Å². The molecule has 5 heteroatoms. The Hall–Kier alpha value is -1.81. The monoisotopic (exact) mass is 242 g/mol. The lowest BCUT2D eigenvalue weighted by atomic mass is 9.91. The first kappa shape index (κ1) is 10.4. The molecule has 0 unspecified atom stereocenters. The molecule has 0 bridgehead atoms. The molecule has 0 radical (unpaired) electrons. The van der Waals surface area contributed by atoms with E-state index in [1.807, 2.05) is 38.2 Å². The first-order chi connectivity index (χ1) is 8.27. The molecule has 2 heterocycles. The van der Waals surface area contributed by atoms with Crippen LogP contribution in [0.3, 0.4) is 0 Å². The zero-order valence-electron chi connectivity index (χ0n) is 9.14. The third kappa shape index (κ3) is 1.61. The zero-order chi connectivity index (χ0) is 11.8. The highest BCUT2D eigenvalue weighted by Crippen LogP contribution is 2.26. The predicted molar refractivity (Wildman–Crippen MR) is 70.4 cm³/mol. The summed E-state index contributed by atoms with van der Waals surface area (Å²) in [4.78, 5) is 8.06. The highest BCUT2D eigenvalue weighted by atomic mass is 35.5. The van der Waals surface area contributed by atoms with E-state index in [1.54, 1.807) is 0 Å². The Morgan fingerprint density at radius 1 is 1.12 bits per heavy atom. The fraction of sp³-hybridized carbons (Fsp3) is 0. The minimum absolute atomic E-state index is 0.429. The second-order valence-electron chi connectivity index (χ2n) is 3.77. The number of fused-ring (bicyclic) bond motifs is 1. The molecule has 0 aliphatic heterocycles. The van der Waals surface area contributed by atoms with E-state index >= 15 is 0 Å². The van der Waals surface area contributed by atoms with Crippen molar-refractivity contribution in [3.63, 3.8) is 0 Å². The van der Waals surface area contributed by atoms with Gasteiger partial charge in [-0.25, -0.2) is 9.97 Å². The number of benzene rings is 1. The summed E-state index contributed by atoms with van der Waals surface area (Å²) in [5.74, 6) is 0.794. The molecule has 0 atom stereocenters. The number of rotatable bonds is 1. The van der Waals surface area contributed by atoms with Crippen molar-refractivity contribution in [1.29, 1.82) is 0 Å². The molecule has 3 nitrogen and oxygen atoms in total. The quantitative estimate of drug-likeness (QED) is 0.482. The first-order valence-corrected chi connectivity index (χ1v) is 5.60. The Labute approximate surface area is 104 Å². The minimum Gasteiger partial charge on any atom is -0.438 e. The van der Waals surface area contributed by atoms with Crippen molar-refractivity contribution in [2.24, 2.45) is 0 Å². The fourth-order valence-corrected chi connectivity index (χ4v) is 2.16. The van der Waals surface area contributed by atoms with Gasteiger partial charge in [-0.1, -0.05) is 41.9 Å². The standard InChI is InChI=1S/C12H8BClN2O/c13-9-8-11(14)15-6-16-12(8)17-10(9)7-4-2-1-3-5-7/h1-6H,13H2. The lowest BCUT2D eigenvalue weighted by molar-refractivity contribution is 0.619. The normalized spacial score (nSPS) is 10.9. The summed E-state index contributed by atoms with van der Waals surface area (Å²) in [5, 5.41) is 1.21. The van der Waals surface area contributed by atoms with Crippen LogP contribution in [0.2, 0.25) is 5.15 Å². The predicted octanol–water partition coefficient (Wildman–Crippen LogP) is 1.80. The summed E-state index contributed by atoms with van der Waals surface area (Å²) in [6, 6.07) is 9.89. The highest BCUT2D eigenvalue weighted by Gasteiger charge is 2.15. The minimum atomic E-state index is 0.429. The molecule has 2 aromatic heterocycles. The molecular formula is C12H8BClN2O. The third-order valence-corrected chi connectivity index (χ3v) is 3.00. The first-order valence-electron chi connectivity index (χ1n) is 5.22. The second-order valence-corrected chi connectivity index (χ2v) is 4.12. The third-order valence-electron chi connectivity index (χ3n) is 2.72. The van der Waals surface area contributed by atoms with E-state index in [0.717, 1.165) is 22.2 Å². The molecule has 0 saturated carbocycles. The van der Waals surface area contributed by atoms with Crippen molar-refractivity contribution in [1.82, 2.24) is 9.97 Å². The van der Waals surface area contributed by atoms with Gasteiger partial charge in [0, 0.05) is 5.56 Å². The van der Waals surface area contributed by atoms with Gasteiger partial charge in [0.15, 0.2) is 0 Å². The van der Waals surface area contributed by atoms with Gasteiger partial charge in [-0.15, -0.1) is 0 Å². The van der Waals surface area contributed by atoms with Crippen molar-refractivity contribution in [2.45, 2.75) is 0 Å². The van der Waals surface area contributed by atoms with E-state index in [0.29, 0.717) is 10.9 Å². The van der Waals surface area contributed by atoms with Crippen LogP contribution in [-0.4, -0.2) is 17.8 Å². The van der Waals surface area contributed by atoms with Crippen LogP contribution < -0.4 is 5.46 Å². The van der Waals surface area contributed by atoms with Gasteiger partial charge in [0.25, 0.3) is 0 Å². The number of aromatic nitrogens is 2. The number of halogens is 1. The summed E-state index contributed by atoms with van der Waals surface area (Å²) in [5.41, 5.74) is 2.51. The molecule has 17 heavy (non-hydrogen) atoms. The average Bonchev–Trinajstić information content (AvgIpc) is 2.69. The van der Waals surface area contributed by atoms with Crippen LogP contribution in [0, 0.1) is 0 Å². The van der Waals surface area contributed by atoms with Crippen LogP contribution in [0.4, 0.5) is 0 Å². The van der Waals surface area contributed by atoms with Gasteiger partial charge < -0.3 is 4.42 Å². The number of furan rings is 1. The molecule has 0 saturated heterocycles. The summed E-state index contributed by atoms with van der Waals surface area (Å²) in [6.45, 7) is 0. The Balaban J connectivity index is 2.33. The van der Waals surface area contributed by atoms with Crippen LogP contribution in [-0.2, 0) is 0 Å². The summed E-state index contributed by atoms with van der Waals surface area (Å²) < 4.78 is 5.73. The fourth-order valence-electron chi connectivity index (χ4n) is 1.89. The molecule has 1 aromatic carbocycles. The van der Waals surface area contributed by atoms with E-state index in [4.69, 9.17) is 16.0 Å². The summed E-state index contributed by atoms with van der Waals surface area (Å²) in [7, 11) is 1.96. The molecule has 82 valence electrons. The van der Waals surface area contributed by atoms with Crippen molar-refractivity contribution in [3.8, 4) is 11.3 Å². The maximum atomic E-state index is 6.05. The Kier molecular flexibility index (Phi) is 2.37. The van der Waals surface area contributed by atoms with Gasteiger partial charge in [0.1, 0.15) is 25.1 Å². The molecule has 3 aromatic rings. The van der Waals surface area contributed by atoms with Gasteiger partial charge in [0.05, 0.1) is 5.39 Å². The van der Waals surface area contributed by atoms with E-state index in [-0.39, 0.29) is 0 Å². The SMILES string of the molecule is Bc1c(-c2ccccc2)oc2ncnc(Cl)c12. The van der Waals surface area contributed by atoms with Gasteiger partial charge in [0.2, 0.25) is 5.71 Å². The van der Waals surface area contributed by atoms with Crippen molar-refractivity contribution in [2.75, 3.05) is 0 Å². The van der Waals surface area contributed by atoms with Gasteiger partial charge in [-0.05, 0) is 5.46 Å². The number of nitrogens with zero attached hydrogens (tertiary/aromatic N) is 2. The highest BCUT2D eigenvalue weighted by molar-refractivity contribution is 6.46. The van der Waals surface area contributed by atoms with E-state index in [1.165, 1.54) is 6.33 Å². The second kappa shape index (κ2) is 3.89. The van der Waals surface area contributed by atoms with Gasteiger partial charge in [-0.3, -0.25) is 0 Å². The lowest BCUT2D eigenvalue weighted by Gasteiger charge is -1.97. The summed E-state index contributed by atoms with van der Waals surface area (Å²) >= 11 is 6.05. The Bertz CT molecular complexity index is 682. The van der Waals surface area contributed by atoms with Crippen molar-refractivity contribution < 1.29 is 4.42 Å². The molecule has 0 fully saturated rings. The molecule has 0 N–H and O–H groups in total. The average molecular weight is 242 g/mol. The van der Waals surface area contributed by atoms with Crippen LogP contribution in [0.5, 0.6) is 0 Å². The smallest absolute Gasteiger partial charge is 0.230 e. The van der Waals surface area contributed by atoms with Crippen LogP contribution in [0.1, 0.15) is 0 Å². The Morgan fingerprint density at radius 2 is 1.88 bits per heavy atom. The molecular weight excluding hydrogens is 234 g/mol. The van der Waals surface area contributed by atoms with E-state index in [9.17, 15) is 0 Å². The number of hydrogen-bond acceptors (Lipinski definition) is 3.